The second-order valence-electron chi connectivity index (χ2n) is 10.9. The van der Waals surface area contributed by atoms with Crippen LogP contribution in [0.25, 0.3) is 0 Å². The summed E-state index contributed by atoms with van der Waals surface area (Å²) in [6.45, 7) is -0.0632. The first kappa shape index (κ1) is 31.3. The minimum atomic E-state index is -0.737. The van der Waals surface area contributed by atoms with Gasteiger partial charge in [0.05, 0.1) is 22.0 Å². The van der Waals surface area contributed by atoms with Crippen LogP contribution in [0, 0.1) is 38.0 Å². The Morgan fingerprint density at radius 1 is 0.860 bits per heavy atom. The maximum Gasteiger partial charge on any atom is 0.306 e. The van der Waals surface area contributed by atoms with Crippen LogP contribution in [-0.2, 0) is 32.3 Å². The summed E-state index contributed by atoms with van der Waals surface area (Å²) >= 11 is 0. The fourth-order valence-corrected chi connectivity index (χ4v) is 5.60. The lowest BCUT2D eigenvalue weighted by molar-refractivity contribution is -0.396. The Balaban J connectivity index is 1.14. The number of unbranched alkanes of at least 4 members (excludes halogenated alkanes) is 3. The molecular weight excluding hydrogens is 560 g/mol. The van der Waals surface area contributed by atoms with Crippen molar-refractivity contribution in [1.29, 1.82) is 0 Å². The highest BCUT2D eigenvalue weighted by Gasteiger charge is 2.36. The van der Waals surface area contributed by atoms with Gasteiger partial charge in [-0.3, -0.25) is 34.6 Å². The van der Waals surface area contributed by atoms with E-state index >= 15 is 0 Å². The van der Waals surface area contributed by atoms with Gasteiger partial charge in [0.2, 0.25) is 0 Å². The number of fused-ring (bicyclic) bond motifs is 2. The molecule has 0 heterocycles. The number of ether oxygens (including phenoxy) is 3. The van der Waals surface area contributed by atoms with Crippen LogP contribution < -0.4 is 4.74 Å². The smallest absolute Gasteiger partial charge is 0.306 e. The summed E-state index contributed by atoms with van der Waals surface area (Å²) in [6.07, 6.45) is 10.8. The topological polar surface area (TPSA) is 165 Å². The molecule has 228 valence electrons. The molecule has 2 aliphatic carbocycles. The number of allylic oxidation sites excluding steroid dienone is 2. The molecule has 0 radical (unpaired) electrons. The van der Waals surface area contributed by atoms with Crippen LogP contribution in [0.5, 0.6) is 5.75 Å². The van der Waals surface area contributed by atoms with E-state index in [0.29, 0.717) is 55.5 Å². The van der Waals surface area contributed by atoms with Gasteiger partial charge >= 0.3 is 11.9 Å². The Labute approximate surface area is 248 Å². The monoisotopic (exact) mass is 594 g/mol. The van der Waals surface area contributed by atoms with Crippen molar-refractivity contribution in [2.24, 2.45) is 17.8 Å². The normalized spacial score (nSPS) is 18.3. The third-order valence-corrected chi connectivity index (χ3v) is 7.88. The molecule has 0 aliphatic heterocycles. The number of aldehydes is 1. The van der Waals surface area contributed by atoms with Crippen LogP contribution in [0.15, 0.2) is 48.6 Å². The highest BCUT2D eigenvalue weighted by Crippen LogP contribution is 2.43. The SMILES string of the molecule is O=Cc1cc(COC(=O)CCCCCCC(=O)OC[C@@H]2CC3C=C[C@@H]2C3)ccc1OCc1c([N+](=O)[O-])cccc1[N+](=O)[O-]. The van der Waals surface area contributed by atoms with E-state index in [-0.39, 0.29) is 35.9 Å². The molecule has 0 aromatic heterocycles. The second-order valence-corrected chi connectivity index (χ2v) is 10.9. The van der Waals surface area contributed by atoms with Crippen LogP contribution in [0.2, 0.25) is 0 Å². The molecule has 3 atom stereocenters. The molecule has 2 aromatic carbocycles. The predicted octanol–water partition coefficient (Wildman–Crippen LogP) is 6.03. The zero-order valence-electron chi connectivity index (χ0n) is 23.7. The summed E-state index contributed by atoms with van der Waals surface area (Å²) < 4.78 is 16.3. The summed E-state index contributed by atoms with van der Waals surface area (Å²) in [7, 11) is 0. The predicted molar refractivity (Wildman–Crippen MR) is 153 cm³/mol. The number of rotatable bonds is 17. The van der Waals surface area contributed by atoms with Crippen molar-refractivity contribution in [1.82, 2.24) is 0 Å². The maximum absolute atomic E-state index is 12.2. The van der Waals surface area contributed by atoms with E-state index in [4.69, 9.17) is 14.2 Å². The van der Waals surface area contributed by atoms with Gasteiger partial charge in [-0.2, -0.15) is 0 Å². The molecule has 1 fully saturated rings. The standard InChI is InChI=1S/C31H34N2O10/c34-17-24-16-22(11-13-29(24)41-20-26-27(32(37)38)6-5-7-28(26)33(39)40)18-42-30(35)8-3-1-2-4-9-31(36)43-19-25-15-21-10-12-23(25)14-21/h5-7,10-13,16-17,21,23,25H,1-4,8-9,14-15,18-20H2/t21?,23-,25+/m1/s1. The van der Waals surface area contributed by atoms with E-state index in [2.05, 4.69) is 12.2 Å². The number of nitro benzene ring substituents is 2. The van der Waals surface area contributed by atoms with Crippen molar-refractivity contribution in [3.63, 3.8) is 0 Å². The first-order valence-electron chi connectivity index (χ1n) is 14.4. The molecule has 1 saturated carbocycles. The van der Waals surface area contributed by atoms with Crippen molar-refractivity contribution < 1.29 is 38.4 Å². The van der Waals surface area contributed by atoms with Gasteiger partial charge in [-0.05, 0) is 67.2 Å². The van der Waals surface area contributed by atoms with Crippen molar-refractivity contribution >= 4 is 29.6 Å². The molecule has 0 saturated heterocycles. The number of carbonyl (C=O) groups excluding carboxylic acids is 3. The van der Waals surface area contributed by atoms with Gasteiger partial charge in [0.1, 0.15) is 24.5 Å². The van der Waals surface area contributed by atoms with E-state index in [1.165, 1.54) is 24.6 Å². The van der Waals surface area contributed by atoms with E-state index in [0.717, 1.165) is 31.4 Å². The molecule has 1 unspecified atom stereocenters. The van der Waals surface area contributed by atoms with E-state index < -0.39 is 33.8 Å². The van der Waals surface area contributed by atoms with Crippen LogP contribution >= 0.6 is 0 Å². The third-order valence-electron chi connectivity index (χ3n) is 7.88. The molecular formula is C31H34N2O10. The second kappa shape index (κ2) is 15.0. The molecule has 2 aliphatic rings. The molecule has 0 spiro atoms. The van der Waals surface area contributed by atoms with Crippen LogP contribution in [0.4, 0.5) is 11.4 Å². The number of hydrogen-bond donors (Lipinski definition) is 0. The number of nitro groups is 2. The van der Waals surface area contributed by atoms with Gasteiger partial charge in [0.15, 0.2) is 6.29 Å². The van der Waals surface area contributed by atoms with Gasteiger partial charge in [-0.1, -0.05) is 31.1 Å². The summed E-state index contributed by atoms with van der Waals surface area (Å²) in [4.78, 5) is 57.0. The Morgan fingerprint density at radius 2 is 1.53 bits per heavy atom. The number of hydrogen-bond acceptors (Lipinski definition) is 10. The van der Waals surface area contributed by atoms with Gasteiger partial charge in [-0.25, -0.2) is 0 Å². The third kappa shape index (κ3) is 8.69. The van der Waals surface area contributed by atoms with Gasteiger partial charge < -0.3 is 14.2 Å². The summed E-state index contributed by atoms with van der Waals surface area (Å²) in [6, 6.07) is 7.95. The molecule has 2 aromatic rings. The minimum Gasteiger partial charge on any atom is -0.488 e. The zero-order chi connectivity index (χ0) is 30.8. The molecule has 43 heavy (non-hydrogen) atoms. The molecule has 0 N–H and O–H groups in total. The molecule has 2 bridgehead atoms. The van der Waals surface area contributed by atoms with Crippen molar-refractivity contribution in [3.05, 3.63) is 85.5 Å². The largest absolute Gasteiger partial charge is 0.488 e. The lowest BCUT2D eigenvalue weighted by Gasteiger charge is -2.17. The fraction of sp³-hybridized carbons (Fsp3) is 0.452. The van der Waals surface area contributed by atoms with E-state index in [1.807, 2.05) is 0 Å². The number of nitrogens with zero attached hydrogens (tertiary/aromatic N) is 2. The van der Waals surface area contributed by atoms with Gasteiger partial charge in [0, 0.05) is 25.0 Å². The first-order chi connectivity index (χ1) is 20.7. The quantitative estimate of drug-likeness (QED) is 0.0527. The van der Waals surface area contributed by atoms with Crippen LogP contribution in [-0.4, -0.2) is 34.7 Å². The Bertz CT molecular complexity index is 1360. The average molecular weight is 595 g/mol. The average Bonchev–Trinajstić information content (AvgIpc) is 3.63. The highest BCUT2D eigenvalue weighted by atomic mass is 16.6. The highest BCUT2D eigenvalue weighted by molar-refractivity contribution is 5.79. The maximum atomic E-state index is 12.2. The number of benzene rings is 2. The molecule has 0 amide bonds. The van der Waals surface area contributed by atoms with Crippen LogP contribution in [0.3, 0.4) is 0 Å². The molecule has 4 rings (SSSR count). The number of carbonyl (C=O) groups is 3. The van der Waals surface area contributed by atoms with Crippen molar-refractivity contribution in [2.45, 2.75) is 64.6 Å². The number of esters is 2. The molecule has 12 heteroatoms. The summed E-state index contributed by atoms with van der Waals surface area (Å²) in [5.41, 5.74) is -0.533. The van der Waals surface area contributed by atoms with Crippen molar-refractivity contribution in [3.8, 4) is 5.75 Å². The Hall–Kier alpha value is -4.61. The van der Waals surface area contributed by atoms with Crippen LogP contribution in [0.1, 0.15) is 72.9 Å². The Morgan fingerprint density at radius 3 is 2.12 bits per heavy atom. The minimum absolute atomic E-state index is 0.0696. The summed E-state index contributed by atoms with van der Waals surface area (Å²) in [5, 5.41) is 22.7. The van der Waals surface area contributed by atoms with E-state index in [1.54, 1.807) is 6.07 Å². The Kier molecular flexibility index (Phi) is 11.0. The lowest BCUT2D eigenvalue weighted by atomic mass is 9.95. The van der Waals surface area contributed by atoms with E-state index in [9.17, 15) is 34.6 Å². The molecule has 12 nitrogen and oxygen atoms in total. The van der Waals surface area contributed by atoms with Gasteiger partial charge in [-0.15, -0.1) is 0 Å². The van der Waals surface area contributed by atoms with Gasteiger partial charge in [0.25, 0.3) is 11.4 Å². The fourth-order valence-electron chi connectivity index (χ4n) is 5.60. The van der Waals surface area contributed by atoms with Crippen molar-refractivity contribution in [2.75, 3.05) is 6.61 Å². The summed E-state index contributed by atoms with van der Waals surface area (Å²) in [5.74, 6) is 1.19. The lowest BCUT2D eigenvalue weighted by Crippen LogP contribution is -2.17. The first-order valence-corrected chi connectivity index (χ1v) is 14.4. The zero-order valence-corrected chi connectivity index (χ0v) is 23.7.